The first-order chi connectivity index (χ1) is 9.79. The van der Waals surface area contributed by atoms with Gasteiger partial charge in [-0.05, 0) is 37.7 Å². The van der Waals surface area contributed by atoms with E-state index in [-0.39, 0.29) is 11.8 Å². The third-order valence-electron chi connectivity index (χ3n) is 3.91. The standard InChI is InChI=1S/C17H22N2O/c18-13-16-10-6-12-19(14-16)17(20)11-5-4-9-15-7-2-1-3-8-15/h1-3,7-8,16H,4-6,9-12,14H2/t16-/m1/s1. The van der Waals surface area contributed by atoms with Gasteiger partial charge in [-0.15, -0.1) is 0 Å². The maximum Gasteiger partial charge on any atom is 0.222 e. The maximum absolute atomic E-state index is 12.1. The Morgan fingerprint density at radius 1 is 1.30 bits per heavy atom. The Morgan fingerprint density at radius 2 is 2.10 bits per heavy atom. The third-order valence-corrected chi connectivity index (χ3v) is 3.91. The monoisotopic (exact) mass is 270 g/mol. The largest absolute Gasteiger partial charge is 0.341 e. The first-order valence-corrected chi connectivity index (χ1v) is 7.51. The summed E-state index contributed by atoms with van der Waals surface area (Å²) in [6.07, 6.45) is 5.54. The van der Waals surface area contributed by atoms with E-state index in [1.54, 1.807) is 0 Å². The molecule has 0 saturated carbocycles. The number of piperidine rings is 1. The smallest absolute Gasteiger partial charge is 0.222 e. The topological polar surface area (TPSA) is 44.1 Å². The quantitative estimate of drug-likeness (QED) is 0.771. The van der Waals surface area contributed by atoms with Crippen LogP contribution in [0.1, 0.15) is 37.7 Å². The van der Waals surface area contributed by atoms with Crippen molar-refractivity contribution in [3.05, 3.63) is 35.9 Å². The molecule has 3 nitrogen and oxygen atoms in total. The Morgan fingerprint density at radius 3 is 2.85 bits per heavy atom. The molecule has 0 bridgehead atoms. The average molecular weight is 270 g/mol. The van der Waals surface area contributed by atoms with Crippen LogP contribution in [0.4, 0.5) is 0 Å². The van der Waals surface area contributed by atoms with Crippen molar-refractivity contribution < 1.29 is 4.79 Å². The number of nitrogens with zero attached hydrogens (tertiary/aromatic N) is 2. The second-order valence-electron chi connectivity index (χ2n) is 5.50. The Kier molecular flexibility index (Phi) is 5.61. The van der Waals surface area contributed by atoms with Crippen molar-refractivity contribution in [1.82, 2.24) is 4.90 Å². The summed E-state index contributed by atoms with van der Waals surface area (Å²) >= 11 is 0. The number of unbranched alkanes of at least 4 members (excludes halogenated alkanes) is 1. The number of nitriles is 1. The predicted octanol–water partition coefficient (Wildman–Crippen LogP) is 3.16. The molecule has 1 fully saturated rings. The number of carbonyl (C=O) groups excluding carboxylic acids is 1. The molecule has 0 aliphatic carbocycles. The van der Waals surface area contributed by atoms with Crippen molar-refractivity contribution in [1.29, 1.82) is 5.26 Å². The lowest BCUT2D eigenvalue weighted by atomic mass is 9.99. The number of benzene rings is 1. The first kappa shape index (κ1) is 14.6. The molecule has 20 heavy (non-hydrogen) atoms. The minimum atomic E-state index is 0.0389. The van der Waals surface area contributed by atoms with Crippen molar-refractivity contribution in [2.24, 2.45) is 5.92 Å². The molecule has 1 heterocycles. The van der Waals surface area contributed by atoms with Gasteiger partial charge in [0.1, 0.15) is 0 Å². The van der Waals surface area contributed by atoms with Crippen molar-refractivity contribution in [3.63, 3.8) is 0 Å². The Hall–Kier alpha value is -1.82. The highest BCUT2D eigenvalue weighted by Gasteiger charge is 2.22. The van der Waals surface area contributed by atoms with E-state index in [0.29, 0.717) is 13.0 Å². The van der Waals surface area contributed by atoms with E-state index in [1.165, 1.54) is 5.56 Å². The van der Waals surface area contributed by atoms with Crippen LogP contribution >= 0.6 is 0 Å². The first-order valence-electron chi connectivity index (χ1n) is 7.51. The van der Waals surface area contributed by atoms with Gasteiger partial charge in [-0.3, -0.25) is 4.79 Å². The second kappa shape index (κ2) is 7.69. The molecule has 1 aromatic rings. The van der Waals surface area contributed by atoms with Crippen LogP contribution in [0.25, 0.3) is 0 Å². The Labute approximate surface area is 121 Å². The molecule has 106 valence electrons. The van der Waals surface area contributed by atoms with E-state index in [2.05, 4.69) is 30.3 Å². The summed E-state index contributed by atoms with van der Waals surface area (Å²) in [5, 5.41) is 8.94. The predicted molar refractivity (Wildman–Crippen MR) is 78.9 cm³/mol. The zero-order valence-electron chi connectivity index (χ0n) is 11.9. The number of rotatable bonds is 5. The van der Waals surface area contributed by atoms with Gasteiger partial charge in [0.25, 0.3) is 0 Å². The maximum atomic E-state index is 12.1. The number of hydrogen-bond donors (Lipinski definition) is 0. The molecule has 1 amide bonds. The molecule has 0 unspecified atom stereocenters. The van der Waals surface area contributed by atoms with Crippen molar-refractivity contribution in [2.75, 3.05) is 13.1 Å². The molecule has 1 aromatic carbocycles. The van der Waals surface area contributed by atoms with E-state index in [9.17, 15) is 4.79 Å². The van der Waals surface area contributed by atoms with E-state index in [1.807, 2.05) is 11.0 Å². The highest BCUT2D eigenvalue weighted by molar-refractivity contribution is 5.76. The van der Waals surface area contributed by atoms with Gasteiger partial charge in [0.05, 0.1) is 12.0 Å². The lowest BCUT2D eigenvalue weighted by molar-refractivity contribution is -0.132. The van der Waals surface area contributed by atoms with E-state index in [0.717, 1.165) is 38.6 Å². The number of likely N-dealkylation sites (tertiary alicyclic amines) is 1. The van der Waals surface area contributed by atoms with Gasteiger partial charge in [-0.2, -0.15) is 5.26 Å². The molecule has 1 aliphatic rings. The minimum Gasteiger partial charge on any atom is -0.341 e. The molecule has 0 radical (unpaired) electrons. The fourth-order valence-corrected chi connectivity index (χ4v) is 2.72. The van der Waals surface area contributed by atoms with Crippen LogP contribution in [0.2, 0.25) is 0 Å². The van der Waals surface area contributed by atoms with Crippen molar-refractivity contribution >= 4 is 5.91 Å². The van der Waals surface area contributed by atoms with Crippen LogP contribution in [0, 0.1) is 17.2 Å². The average Bonchev–Trinajstić information content (AvgIpc) is 2.52. The number of hydrogen-bond acceptors (Lipinski definition) is 2. The van der Waals surface area contributed by atoms with Crippen LogP contribution in [-0.4, -0.2) is 23.9 Å². The third kappa shape index (κ3) is 4.38. The van der Waals surface area contributed by atoms with E-state index >= 15 is 0 Å². The van der Waals surface area contributed by atoms with Gasteiger partial charge >= 0.3 is 0 Å². The van der Waals surface area contributed by atoms with Crippen LogP contribution in [0.15, 0.2) is 30.3 Å². The lowest BCUT2D eigenvalue weighted by Crippen LogP contribution is -2.39. The molecule has 0 spiro atoms. The molecule has 1 atom stereocenters. The zero-order chi connectivity index (χ0) is 14.2. The Bertz CT molecular complexity index is 464. The lowest BCUT2D eigenvalue weighted by Gasteiger charge is -2.29. The highest BCUT2D eigenvalue weighted by atomic mass is 16.2. The summed E-state index contributed by atoms with van der Waals surface area (Å²) in [4.78, 5) is 14.0. The molecule has 2 rings (SSSR count). The summed E-state index contributed by atoms with van der Waals surface area (Å²) in [5.41, 5.74) is 1.34. The fraction of sp³-hybridized carbons (Fsp3) is 0.529. The molecule has 3 heteroatoms. The summed E-state index contributed by atoms with van der Waals surface area (Å²) in [7, 11) is 0. The SMILES string of the molecule is N#C[C@H]1CCCN(C(=O)CCCCc2ccccc2)C1. The molecule has 1 aliphatic heterocycles. The van der Waals surface area contributed by atoms with E-state index in [4.69, 9.17) is 5.26 Å². The molecular weight excluding hydrogens is 248 g/mol. The van der Waals surface area contributed by atoms with Gasteiger partial charge in [0.15, 0.2) is 0 Å². The van der Waals surface area contributed by atoms with Crippen molar-refractivity contribution in [3.8, 4) is 6.07 Å². The van der Waals surface area contributed by atoms with Crippen molar-refractivity contribution in [2.45, 2.75) is 38.5 Å². The summed E-state index contributed by atoms with van der Waals surface area (Å²) in [5.74, 6) is 0.259. The van der Waals surface area contributed by atoms with Gasteiger partial charge in [-0.25, -0.2) is 0 Å². The Balaban J connectivity index is 1.66. The van der Waals surface area contributed by atoms with Crippen LogP contribution in [0.3, 0.4) is 0 Å². The van der Waals surface area contributed by atoms with Crippen LogP contribution < -0.4 is 0 Å². The van der Waals surface area contributed by atoms with Gasteiger partial charge < -0.3 is 4.90 Å². The summed E-state index contributed by atoms with van der Waals surface area (Å²) in [6, 6.07) is 12.7. The second-order valence-corrected chi connectivity index (χ2v) is 5.50. The number of aryl methyl sites for hydroxylation is 1. The zero-order valence-corrected chi connectivity index (χ0v) is 11.9. The number of amides is 1. The molecule has 0 N–H and O–H groups in total. The van der Waals surface area contributed by atoms with Crippen LogP contribution in [-0.2, 0) is 11.2 Å². The highest BCUT2D eigenvalue weighted by Crippen LogP contribution is 2.17. The normalized spacial score (nSPS) is 18.6. The van der Waals surface area contributed by atoms with Gasteiger partial charge in [0, 0.05) is 19.5 Å². The summed E-state index contributed by atoms with van der Waals surface area (Å²) in [6.45, 7) is 1.46. The van der Waals surface area contributed by atoms with Crippen LogP contribution in [0.5, 0.6) is 0 Å². The summed E-state index contributed by atoms with van der Waals surface area (Å²) < 4.78 is 0. The van der Waals surface area contributed by atoms with Gasteiger partial charge in [-0.1, -0.05) is 30.3 Å². The molecule has 0 aromatic heterocycles. The van der Waals surface area contributed by atoms with E-state index < -0.39 is 0 Å². The number of carbonyl (C=O) groups is 1. The fourth-order valence-electron chi connectivity index (χ4n) is 2.72. The van der Waals surface area contributed by atoms with Gasteiger partial charge in [0.2, 0.25) is 5.91 Å². The minimum absolute atomic E-state index is 0.0389. The molecule has 1 saturated heterocycles. The molecular formula is C17H22N2O.